The molecule has 0 atom stereocenters. The lowest BCUT2D eigenvalue weighted by Crippen LogP contribution is -2.36. The van der Waals surface area contributed by atoms with E-state index in [0.29, 0.717) is 32.0 Å². The van der Waals surface area contributed by atoms with E-state index in [0.717, 1.165) is 5.56 Å². The SMILES string of the molecule is CC(C)N(Cc1ccccc1)S(=O)(=O)c1ccc(C(=O)Nc2nc(-c3cc(Cl)ccc3Cl)cs2)cc1. The van der Waals surface area contributed by atoms with Gasteiger partial charge in [-0.15, -0.1) is 11.3 Å². The van der Waals surface area contributed by atoms with Gasteiger partial charge in [0.25, 0.3) is 5.91 Å². The highest BCUT2D eigenvalue weighted by atomic mass is 35.5. The maximum absolute atomic E-state index is 13.3. The minimum absolute atomic E-state index is 0.121. The summed E-state index contributed by atoms with van der Waals surface area (Å²) in [6, 6.07) is 20.1. The summed E-state index contributed by atoms with van der Waals surface area (Å²) in [7, 11) is -3.77. The van der Waals surface area contributed by atoms with Crippen molar-refractivity contribution in [2.24, 2.45) is 0 Å². The van der Waals surface area contributed by atoms with Crippen LogP contribution in [0.1, 0.15) is 29.8 Å². The Morgan fingerprint density at radius 3 is 2.39 bits per heavy atom. The number of amides is 1. The van der Waals surface area contributed by atoms with Gasteiger partial charge < -0.3 is 0 Å². The molecular formula is C26H23Cl2N3O3S2. The van der Waals surface area contributed by atoms with Crippen molar-refractivity contribution in [2.45, 2.75) is 31.3 Å². The molecule has 4 aromatic rings. The Balaban J connectivity index is 1.49. The summed E-state index contributed by atoms with van der Waals surface area (Å²) in [6.45, 7) is 3.93. The number of anilines is 1. The Kier molecular flexibility index (Phi) is 8.12. The number of rotatable bonds is 8. The highest BCUT2D eigenvalue weighted by Gasteiger charge is 2.27. The van der Waals surface area contributed by atoms with Crippen LogP contribution in [0.2, 0.25) is 10.0 Å². The van der Waals surface area contributed by atoms with E-state index in [1.807, 2.05) is 44.2 Å². The molecule has 0 bridgehead atoms. The van der Waals surface area contributed by atoms with Crippen molar-refractivity contribution >= 4 is 55.6 Å². The minimum atomic E-state index is -3.77. The molecule has 0 saturated heterocycles. The van der Waals surface area contributed by atoms with Gasteiger partial charge >= 0.3 is 0 Å². The molecule has 0 spiro atoms. The van der Waals surface area contributed by atoms with Crippen LogP contribution in [0, 0.1) is 0 Å². The van der Waals surface area contributed by atoms with E-state index in [1.165, 1.54) is 39.9 Å². The number of hydrogen-bond donors (Lipinski definition) is 1. The molecule has 3 aromatic carbocycles. The van der Waals surface area contributed by atoms with Crippen molar-refractivity contribution < 1.29 is 13.2 Å². The predicted octanol–water partition coefficient (Wildman–Crippen LogP) is 6.97. The first-order valence-corrected chi connectivity index (χ1v) is 14.1. The second-order valence-corrected chi connectivity index (χ2v) is 11.9. The van der Waals surface area contributed by atoms with Crippen LogP contribution in [0.15, 0.2) is 83.1 Å². The van der Waals surface area contributed by atoms with Crippen molar-refractivity contribution in [1.82, 2.24) is 9.29 Å². The van der Waals surface area contributed by atoms with Gasteiger partial charge in [0.15, 0.2) is 5.13 Å². The van der Waals surface area contributed by atoms with E-state index in [2.05, 4.69) is 10.3 Å². The summed E-state index contributed by atoms with van der Waals surface area (Å²) in [4.78, 5) is 17.3. The highest BCUT2D eigenvalue weighted by Crippen LogP contribution is 2.32. The van der Waals surface area contributed by atoms with Crippen molar-refractivity contribution in [3.63, 3.8) is 0 Å². The molecule has 0 fully saturated rings. The molecule has 0 unspecified atom stereocenters. The molecule has 1 N–H and O–H groups in total. The number of halogens is 2. The van der Waals surface area contributed by atoms with E-state index in [9.17, 15) is 13.2 Å². The van der Waals surface area contributed by atoms with Crippen LogP contribution in [0.3, 0.4) is 0 Å². The molecule has 4 rings (SSSR count). The summed E-state index contributed by atoms with van der Waals surface area (Å²) in [5.74, 6) is -0.401. The average Bonchev–Trinajstić information content (AvgIpc) is 3.32. The lowest BCUT2D eigenvalue weighted by atomic mass is 10.2. The third kappa shape index (κ3) is 5.96. The number of aromatic nitrogens is 1. The Morgan fingerprint density at radius 2 is 1.72 bits per heavy atom. The van der Waals surface area contributed by atoms with Crippen LogP contribution >= 0.6 is 34.5 Å². The number of hydrogen-bond acceptors (Lipinski definition) is 5. The summed E-state index contributed by atoms with van der Waals surface area (Å²) >= 11 is 13.6. The molecule has 1 aromatic heterocycles. The third-order valence-electron chi connectivity index (χ3n) is 5.41. The zero-order valence-corrected chi connectivity index (χ0v) is 22.6. The van der Waals surface area contributed by atoms with Crippen LogP contribution in [-0.4, -0.2) is 29.7 Å². The summed E-state index contributed by atoms with van der Waals surface area (Å²) in [5, 5.41) is 5.94. The number of benzene rings is 3. The van der Waals surface area contributed by atoms with Gasteiger partial charge in [-0.2, -0.15) is 4.31 Å². The van der Waals surface area contributed by atoms with Crippen molar-refractivity contribution in [3.05, 3.63) is 99.3 Å². The maximum atomic E-state index is 13.3. The van der Waals surface area contributed by atoms with Crippen LogP contribution < -0.4 is 5.32 Å². The van der Waals surface area contributed by atoms with Gasteiger partial charge in [-0.25, -0.2) is 13.4 Å². The smallest absolute Gasteiger partial charge is 0.257 e. The second-order valence-electron chi connectivity index (χ2n) is 8.27. The third-order valence-corrected chi connectivity index (χ3v) is 8.77. The first-order valence-electron chi connectivity index (χ1n) is 11.0. The quantitative estimate of drug-likeness (QED) is 0.253. The van der Waals surface area contributed by atoms with E-state index in [1.54, 1.807) is 23.6 Å². The van der Waals surface area contributed by atoms with Crippen LogP contribution in [0.4, 0.5) is 5.13 Å². The highest BCUT2D eigenvalue weighted by molar-refractivity contribution is 7.89. The number of carbonyl (C=O) groups excluding carboxylic acids is 1. The van der Waals surface area contributed by atoms with Crippen molar-refractivity contribution in [2.75, 3.05) is 5.32 Å². The summed E-state index contributed by atoms with van der Waals surface area (Å²) in [5.41, 5.74) is 2.47. The van der Waals surface area contributed by atoms with E-state index < -0.39 is 15.9 Å². The maximum Gasteiger partial charge on any atom is 0.257 e. The molecular weight excluding hydrogens is 537 g/mol. The van der Waals surface area contributed by atoms with Crippen LogP contribution in [-0.2, 0) is 16.6 Å². The van der Waals surface area contributed by atoms with Gasteiger partial charge in [-0.3, -0.25) is 10.1 Å². The normalized spacial score (nSPS) is 11.7. The molecule has 10 heteroatoms. The fourth-order valence-electron chi connectivity index (χ4n) is 3.54. The molecule has 0 aliphatic carbocycles. The number of nitrogens with one attached hydrogen (secondary N) is 1. The Labute approximate surface area is 224 Å². The second kappa shape index (κ2) is 11.1. The fraction of sp³-hybridized carbons (Fsp3) is 0.154. The Morgan fingerprint density at radius 1 is 1.03 bits per heavy atom. The van der Waals surface area contributed by atoms with Crippen LogP contribution in [0.5, 0.6) is 0 Å². The summed E-state index contributed by atoms with van der Waals surface area (Å²) < 4.78 is 28.1. The first kappa shape index (κ1) is 26.3. The molecule has 6 nitrogen and oxygen atoms in total. The zero-order chi connectivity index (χ0) is 25.9. The largest absolute Gasteiger partial charge is 0.298 e. The molecule has 36 heavy (non-hydrogen) atoms. The molecule has 0 saturated carbocycles. The zero-order valence-electron chi connectivity index (χ0n) is 19.5. The van der Waals surface area contributed by atoms with E-state index in [-0.39, 0.29) is 17.5 Å². The summed E-state index contributed by atoms with van der Waals surface area (Å²) in [6.07, 6.45) is 0. The molecule has 0 radical (unpaired) electrons. The van der Waals surface area contributed by atoms with Gasteiger partial charge in [-0.05, 0) is 61.9 Å². The number of carbonyl (C=O) groups is 1. The fourth-order valence-corrected chi connectivity index (χ4v) is 6.26. The first-order chi connectivity index (χ1) is 17.1. The lowest BCUT2D eigenvalue weighted by Gasteiger charge is -2.26. The molecule has 1 heterocycles. The standard InChI is InChI=1S/C26H23Cl2N3O3S2/c1-17(2)31(15-18-6-4-3-5-7-18)36(33,34)21-11-8-19(9-12-21)25(32)30-26-29-24(16-35-26)22-14-20(27)10-13-23(22)28/h3-14,16-17H,15H2,1-2H3,(H,29,30,32). The topological polar surface area (TPSA) is 79.4 Å². The molecule has 1 amide bonds. The van der Waals surface area contributed by atoms with Gasteiger partial charge in [0.1, 0.15) is 0 Å². The number of nitrogens with zero attached hydrogens (tertiary/aromatic N) is 2. The Hall–Kier alpha value is -2.75. The average molecular weight is 561 g/mol. The van der Waals surface area contributed by atoms with Crippen LogP contribution in [0.25, 0.3) is 11.3 Å². The van der Waals surface area contributed by atoms with Gasteiger partial charge in [0, 0.05) is 34.1 Å². The Bertz CT molecular complexity index is 1470. The molecule has 186 valence electrons. The lowest BCUT2D eigenvalue weighted by molar-refractivity contribution is 0.102. The van der Waals surface area contributed by atoms with Crippen molar-refractivity contribution in [1.29, 1.82) is 0 Å². The minimum Gasteiger partial charge on any atom is -0.298 e. The van der Waals surface area contributed by atoms with Gasteiger partial charge in [0.05, 0.1) is 15.6 Å². The van der Waals surface area contributed by atoms with Crippen molar-refractivity contribution in [3.8, 4) is 11.3 Å². The predicted molar refractivity (Wildman–Crippen MR) is 146 cm³/mol. The number of sulfonamides is 1. The van der Waals surface area contributed by atoms with E-state index in [4.69, 9.17) is 23.2 Å². The monoisotopic (exact) mass is 559 g/mol. The number of thiazole rings is 1. The molecule has 0 aliphatic heterocycles. The van der Waals surface area contributed by atoms with Gasteiger partial charge in [0.2, 0.25) is 10.0 Å². The van der Waals surface area contributed by atoms with E-state index >= 15 is 0 Å². The molecule has 0 aliphatic rings. The van der Waals surface area contributed by atoms with Gasteiger partial charge in [-0.1, -0.05) is 53.5 Å².